The van der Waals surface area contributed by atoms with Gasteiger partial charge in [0.1, 0.15) is 56.0 Å². The number of hydrogen-bond acceptors (Lipinski definition) is 6. The Kier molecular flexibility index (Phi) is 29.0. The number of halogens is 16. The fourth-order valence-corrected chi connectivity index (χ4v) is 6.80. The van der Waals surface area contributed by atoms with Crippen molar-refractivity contribution in [2.24, 2.45) is 0 Å². The van der Waals surface area contributed by atoms with E-state index in [2.05, 4.69) is 0 Å². The van der Waals surface area contributed by atoms with Crippen LogP contribution in [-0.4, -0.2) is 45.8 Å². The van der Waals surface area contributed by atoms with Crippen LogP contribution in [0.15, 0.2) is 158 Å². The molecule has 6 aromatic rings. The second-order valence-corrected chi connectivity index (χ2v) is 23.7. The first-order valence-electron chi connectivity index (χ1n) is 17.9. The van der Waals surface area contributed by atoms with E-state index in [4.69, 9.17) is 211 Å². The monoisotopic (exact) mass is 1220 g/mol. The van der Waals surface area contributed by atoms with E-state index in [1.165, 1.54) is 0 Å². The quantitative estimate of drug-likeness (QED) is 0.0978. The van der Waals surface area contributed by atoms with Gasteiger partial charge in [-0.3, -0.25) is 0 Å². The smallest absolute Gasteiger partial charge is 0.210 e. The highest BCUT2D eigenvalue weighted by atomic mass is 35.6. The summed E-state index contributed by atoms with van der Waals surface area (Å²) < 4.78 is -8.75. The Hall–Kier alpha value is -1.24. The van der Waals surface area contributed by atoms with Gasteiger partial charge < -0.3 is 30.6 Å². The average Bonchev–Trinajstić information content (AvgIpc) is 3.23. The summed E-state index contributed by atoms with van der Waals surface area (Å²) >= 11 is 97.0. The van der Waals surface area contributed by atoms with Gasteiger partial charge in [0, 0.05) is 5.56 Å². The minimum atomic E-state index is -2.23. The Morgan fingerprint density at radius 3 is 0.652 bits per heavy atom. The predicted molar refractivity (Wildman–Crippen MR) is 284 cm³/mol. The van der Waals surface area contributed by atoms with E-state index in [0.717, 1.165) is 6.07 Å². The molecule has 6 aromatic carbocycles. The zero-order chi connectivity index (χ0) is 50.5. The highest BCUT2D eigenvalue weighted by Crippen LogP contribution is 2.60. The van der Waals surface area contributed by atoms with Crippen LogP contribution >= 0.6 is 186 Å². The average molecular weight is 1230 g/mol. The van der Waals surface area contributed by atoms with Crippen LogP contribution in [0.3, 0.4) is 0 Å². The van der Waals surface area contributed by atoms with E-state index < -0.39 is 42.4 Å². The summed E-state index contributed by atoms with van der Waals surface area (Å²) in [7, 11) is 0. The second-order valence-electron chi connectivity index (χ2n) is 12.5. The summed E-state index contributed by atoms with van der Waals surface area (Å²) in [6.07, 6.45) is 0. The molecule has 0 spiro atoms. The maximum Gasteiger partial charge on any atom is 0.210 e. The normalized spacial score (nSPS) is 13.0. The Morgan fingerprint density at radius 2 is 0.470 bits per heavy atom. The summed E-state index contributed by atoms with van der Waals surface area (Å²) in [6.45, 7) is 0. The van der Waals surface area contributed by atoms with Crippen LogP contribution in [0.25, 0.3) is 0 Å². The molecule has 6 nitrogen and oxygen atoms in total. The maximum absolute atomic E-state index is 10.8. The minimum Gasteiger partial charge on any atom is -0.508 e. The van der Waals surface area contributed by atoms with Crippen molar-refractivity contribution in [3.8, 4) is 34.5 Å². The van der Waals surface area contributed by atoms with Crippen LogP contribution in [0.2, 0.25) is 0 Å². The number of aromatic hydroxyl groups is 6. The number of alkyl halides is 16. The Labute approximate surface area is 462 Å². The number of para-hydroxylation sites is 5. The van der Waals surface area contributed by atoms with Crippen LogP contribution in [0, 0.1) is 0 Å². The first-order valence-corrected chi connectivity index (χ1v) is 24.2. The van der Waals surface area contributed by atoms with Gasteiger partial charge in [-0.1, -0.05) is 230 Å². The molecule has 4 atom stereocenters. The van der Waals surface area contributed by atoms with E-state index in [9.17, 15) is 5.11 Å². The lowest BCUT2D eigenvalue weighted by Crippen LogP contribution is -2.26. The molecule has 0 aliphatic heterocycles. The molecule has 6 N–H and O–H groups in total. The fraction of sp³-hybridized carbons (Fsp3) is 0.182. The summed E-state index contributed by atoms with van der Waals surface area (Å²) in [6, 6.07) is 44.6. The largest absolute Gasteiger partial charge is 0.508 e. The second kappa shape index (κ2) is 30.5. The Bertz CT molecular complexity index is 2010. The zero-order valence-corrected chi connectivity index (χ0v) is 45.1. The van der Waals surface area contributed by atoms with Crippen LogP contribution in [0.5, 0.6) is 34.5 Å². The zero-order valence-electron chi connectivity index (χ0n) is 33.1. The van der Waals surface area contributed by atoms with Gasteiger partial charge in [0.15, 0.2) is 0 Å². The fourth-order valence-electron chi connectivity index (χ4n) is 4.58. The van der Waals surface area contributed by atoms with Gasteiger partial charge in [-0.2, -0.15) is 0 Å². The van der Waals surface area contributed by atoms with Crippen molar-refractivity contribution in [2.75, 3.05) is 0 Å². The van der Waals surface area contributed by atoms with Crippen molar-refractivity contribution < 1.29 is 30.6 Å². The topological polar surface area (TPSA) is 121 Å². The molecule has 0 heterocycles. The van der Waals surface area contributed by atoms with Crippen molar-refractivity contribution in [1.29, 1.82) is 0 Å². The molecule has 0 bridgehead atoms. The van der Waals surface area contributed by atoms with Crippen molar-refractivity contribution in [2.45, 2.75) is 36.7 Å². The Morgan fingerprint density at radius 1 is 0.273 bits per heavy atom. The van der Waals surface area contributed by atoms with Crippen molar-refractivity contribution in [3.63, 3.8) is 0 Å². The summed E-state index contributed by atoms with van der Waals surface area (Å²) in [5.41, 5.74) is -0.849. The third kappa shape index (κ3) is 24.5. The van der Waals surface area contributed by atoms with Crippen molar-refractivity contribution >= 4 is 186 Å². The maximum atomic E-state index is 10.8. The molecule has 0 aromatic heterocycles. The number of hydrogen-bond donors (Lipinski definition) is 6. The molecule has 0 amide bonds. The molecule has 6 rings (SSSR count). The molecule has 0 saturated carbocycles. The first-order chi connectivity index (χ1) is 30.5. The van der Waals surface area contributed by atoms with Gasteiger partial charge in [-0.15, -0.1) is 46.4 Å². The van der Waals surface area contributed by atoms with Gasteiger partial charge in [-0.25, -0.2) is 0 Å². The predicted octanol–water partition coefficient (Wildman–Crippen LogP) is 19.0. The molecule has 0 fully saturated rings. The molecule has 22 heteroatoms. The molecule has 4 unspecified atom stereocenters. The highest BCUT2D eigenvalue weighted by Gasteiger charge is 2.48. The lowest BCUT2D eigenvalue weighted by atomic mass is 9.88. The highest BCUT2D eigenvalue weighted by molar-refractivity contribution is 6.72. The van der Waals surface area contributed by atoms with Gasteiger partial charge in [-0.05, 0) is 83.4 Å². The van der Waals surface area contributed by atoms with Crippen LogP contribution in [0.1, 0.15) is 43.8 Å². The number of phenolic OH excluding ortho intramolecular Hbond substituents is 6. The van der Waals surface area contributed by atoms with Crippen LogP contribution in [-0.2, 0) is 0 Å². The third-order valence-electron chi connectivity index (χ3n) is 7.42. The first kappa shape index (κ1) is 62.8. The SMILES string of the molecule is Oc1cc(C(Cl)C(Cl)(Cl)Cl)c(C(Cl)C(Cl)(Cl)Cl)c(C(Cl)C(Cl)(Cl)Cl)c1C(Cl)C(Cl)(Cl)Cl.Oc1ccccc1.Oc1ccccc1.Oc1ccccc1.Oc1ccccc1.Oc1ccccc1. The molecule has 0 aliphatic carbocycles. The van der Waals surface area contributed by atoms with Crippen LogP contribution in [0.4, 0.5) is 0 Å². The van der Waals surface area contributed by atoms with Crippen LogP contribution < -0.4 is 0 Å². The van der Waals surface area contributed by atoms with Crippen molar-refractivity contribution in [3.05, 3.63) is 180 Å². The van der Waals surface area contributed by atoms with E-state index in [-0.39, 0.29) is 22.3 Å². The third-order valence-corrected chi connectivity index (χ3v) is 13.6. The van der Waals surface area contributed by atoms with E-state index in [0.29, 0.717) is 28.7 Å². The number of benzene rings is 6. The lowest BCUT2D eigenvalue weighted by Gasteiger charge is -2.34. The van der Waals surface area contributed by atoms with Gasteiger partial charge in [0.2, 0.25) is 15.2 Å². The van der Waals surface area contributed by atoms with E-state index >= 15 is 0 Å². The standard InChI is InChI=1S/C14H6Cl16O.5C6H6O/c15-7(11(19,20)21)2-1-3(31)5(9(17)13(25,26)27)6(10(18)14(28,29)30)4(2)8(16)12(22,23)24;5*7-6-4-2-1-3-5-6/h1,7-10,31H;5*1-5,7H. The minimum absolute atomic E-state index is 0.127. The molecular formula is C44H36Cl16O6. The van der Waals surface area contributed by atoms with E-state index in [1.807, 2.05) is 30.3 Å². The van der Waals surface area contributed by atoms with Gasteiger partial charge >= 0.3 is 0 Å². The van der Waals surface area contributed by atoms with E-state index in [1.54, 1.807) is 121 Å². The van der Waals surface area contributed by atoms with Crippen molar-refractivity contribution in [1.82, 2.24) is 0 Å². The van der Waals surface area contributed by atoms with Gasteiger partial charge in [0.05, 0.1) is 0 Å². The molecular weight excluding hydrogens is 1190 g/mol. The van der Waals surface area contributed by atoms with Gasteiger partial charge in [0.25, 0.3) is 0 Å². The molecule has 360 valence electrons. The summed E-state index contributed by atoms with van der Waals surface area (Å²) in [5, 5.41) is 47.7. The molecule has 0 aliphatic rings. The summed E-state index contributed by atoms with van der Waals surface area (Å²) in [5.74, 6) is 1.01. The Balaban J connectivity index is 0.000000488. The number of phenols is 6. The lowest BCUT2D eigenvalue weighted by molar-refractivity contribution is 0.464. The molecule has 0 radical (unpaired) electrons. The molecule has 66 heavy (non-hydrogen) atoms. The molecule has 0 saturated heterocycles. The number of rotatable bonds is 4. The summed E-state index contributed by atoms with van der Waals surface area (Å²) in [4.78, 5) is 0.